The largest absolute Gasteiger partial charge is 0.463 e. The molecule has 0 spiro atoms. The van der Waals surface area contributed by atoms with Gasteiger partial charge in [0.1, 0.15) is 12.4 Å². The van der Waals surface area contributed by atoms with E-state index in [-0.39, 0.29) is 12.0 Å². The third-order valence-electron chi connectivity index (χ3n) is 4.07. The van der Waals surface area contributed by atoms with Crippen LogP contribution in [0.25, 0.3) is 0 Å². The molecule has 0 aliphatic carbocycles. The van der Waals surface area contributed by atoms with Gasteiger partial charge in [0.15, 0.2) is 0 Å². The summed E-state index contributed by atoms with van der Waals surface area (Å²) in [6, 6.07) is 7.80. The maximum atomic E-state index is 12.7. The Hall–Kier alpha value is -2.63. The lowest BCUT2D eigenvalue weighted by molar-refractivity contribution is -0.139. The normalized spacial score (nSPS) is 16.5. The van der Waals surface area contributed by atoms with Crippen LogP contribution in [0.3, 0.4) is 0 Å². The molecule has 3 rings (SSSR count). The minimum Gasteiger partial charge on any atom is -0.463 e. The Balaban J connectivity index is 2.15. The number of rotatable bonds is 5. The summed E-state index contributed by atoms with van der Waals surface area (Å²) in [5, 5.41) is 7.57. The number of hydrogen-bond acceptors (Lipinski definition) is 5. The number of carbonyl (C=O) groups is 1. The number of esters is 1. The van der Waals surface area contributed by atoms with Gasteiger partial charge in [-0.3, -0.25) is 0 Å². The number of hydrogen-bond donors (Lipinski definition) is 1. The Morgan fingerprint density at radius 2 is 2.04 bits per heavy atom. The highest BCUT2D eigenvalue weighted by Crippen LogP contribution is 2.36. The quantitative estimate of drug-likeness (QED) is 0.854. The van der Waals surface area contributed by atoms with Crippen molar-refractivity contribution < 1.29 is 9.53 Å². The fraction of sp³-hybridized carbons (Fsp3) is 0.389. The molecule has 1 N–H and O–H groups in total. The van der Waals surface area contributed by atoms with E-state index in [2.05, 4.69) is 22.3 Å². The summed E-state index contributed by atoms with van der Waals surface area (Å²) in [6.45, 7) is 6.28. The van der Waals surface area contributed by atoms with Gasteiger partial charge in [0.2, 0.25) is 5.95 Å². The maximum Gasteiger partial charge on any atom is 0.338 e. The molecule has 1 aromatic carbocycles. The average molecular weight is 326 g/mol. The fourth-order valence-corrected chi connectivity index (χ4v) is 2.97. The standard InChI is InChI=1S/C18H22N4O2/c1-4-6-14-15(17(23)24-5-2)16(13-9-7-12(3)8-10-13)22-18(21-14)19-11-20-22/h7-11,16H,4-6H2,1-3H3,(H,19,20,21)/t16-/m0/s1. The molecule has 2 heterocycles. The smallest absolute Gasteiger partial charge is 0.338 e. The number of aryl methyl sites for hydroxylation is 1. The van der Waals surface area contributed by atoms with Gasteiger partial charge in [-0.1, -0.05) is 43.2 Å². The molecule has 1 aliphatic rings. The van der Waals surface area contributed by atoms with Gasteiger partial charge in [-0.25, -0.2) is 9.48 Å². The number of benzene rings is 1. The van der Waals surface area contributed by atoms with Crippen molar-refractivity contribution in [2.45, 2.75) is 39.7 Å². The Labute approximate surface area is 141 Å². The van der Waals surface area contributed by atoms with Crippen molar-refractivity contribution in [2.75, 3.05) is 11.9 Å². The zero-order valence-corrected chi connectivity index (χ0v) is 14.2. The van der Waals surface area contributed by atoms with Crippen LogP contribution in [0.5, 0.6) is 0 Å². The summed E-state index contributed by atoms with van der Waals surface area (Å²) in [5.41, 5.74) is 3.63. The molecule has 0 amide bonds. The lowest BCUT2D eigenvalue weighted by Crippen LogP contribution is -2.30. The SMILES string of the molecule is CCCC1=C(C(=O)OCC)[C@H](c2ccc(C)cc2)n2ncnc2N1. The number of ether oxygens (including phenoxy) is 1. The second kappa shape index (κ2) is 6.86. The zero-order chi connectivity index (χ0) is 17.1. The molecule has 126 valence electrons. The molecule has 1 aliphatic heterocycles. The molecular formula is C18H22N4O2. The molecule has 2 aromatic rings. The van der Waals surface area contributed by atoms with Crippen molar-refractivity contribution in [1.82, 2.24) is 14.8 Å². The Morgan fingerprint density at radius 1 is 1.29 bits per heavy atom. The van der Waals surface area contributed by atoms with Crippen LogP contribution in [0.1, 0.15) is 43.9 Å². The molecule has 0 saturated carbocycles. The molecule has 6 heteroatoms. The lowest BCUT2D eigenvalue weighted by atomic mass is 9.93. The van der Waals surface area contributed by atoms with E-state index in [1.165, 1.54) is 11.9 Å². The minimum atomic E-state index is -0.329. The molecule has 0 bridgehead atoms. The fourth-order valence-electron chi connectivity index (χ4n) is 2.97. The average Bonchev–Trinajstić information content (AvgIpc) is 3.03. The highest BCUT2D eigenvalue weighted by molar-refractivity contribution is 5.92. The van der Waals surface area contributed by atoms with E-state index in [1.54, 1.807) is 4.68 Å². The third-order valence-corrected chi connectivity index (χ3v) is 4.07. The molecule has 1 aromatic heterocycles. The van der Waals surface area contributed by atoms with Crippen LogP contribution in [0.4, 0.5) is 5.95 Å². The molecule has 0 unspecified atom stereocenters. The molecular weight excluding hydrogens is 304 g/mol. The van der Waals surface area contributed by atoms with E-state index >= 15 is 0 Å². The first kappa shape index (κ1) is 16.2. The molecule has 24 heavy (non-hydrogen) atoms. The number of aromatic nitrogens is 3. The highest BCUT2D eigenvalue weighted by atomic mass is 16.5. The second-order valence-electron chi connectivity index (χ2n) is 5.83. The molecule has 0 saturated heterocycles. The predicted molar refractivity (Wildman–Crippen MR) is 91.5 cm³/mol. The van der Waals surface area contributed by atoms with Gasteiger partial charge in [0.25, 0.3) is 0 Å². The van der Waals surface area contributed by atoms with Crippen molar-refractivity contribution in [3.63, 3.8) is 0 Å². The molecule has 0 fully saturated rings. The van der Waals surface area contributed by atoms with Gasteiger partial charge < -0.3 is 10.1 Å². The molecule has 6 nitrogen and oxygen atoms in total. The Morgan fingerprint density at radius 3 is 2.71 bits per heavy atom. The maximum absolute atomic E-state index is 12.7. The number of fused-ring (bicyclic) bond motifs is 1. The van der Waals surface area contributed by atoms with E-state index < -0.39 is 0 Å². The van der Waals surface area contributed by atoms with Gasteiger partial charge in [0.05, 0.1) is 12.2 Å². The van der Waals surface area contributed by atoms with Crippen molar-refractivity contribution in [3.05, 3.63) is 53.0 Å². The van der Waals surface area contributed by atoms with Gasteiger partial charge in [0, 0.05) is 5.70 Å². The van der Waals surface area contributed by atoms with Crippen LogP contribution in [0.15, 0.2) is 41.9 Å². The van der Waals surface area contributed by atoms with Gasteiger partial charge >= 0.3 is 5.97 Å². The monoisotopic (exact) mass is 326 g/mol. The van der Waals surface area contributed by atoms with Gasteiger partial charge in [-0.05, 0) is 25.8 Å². The summed E-state index contributed by atoms with van der Waals surface area (Å²) in [5.74, 6) is 0.345. The van der Waals surface area contributed by atoms with Crippen LogP contribution >= 0.6 is 0 Å². The van der Waals surface area contributed by atoms with Crippen LogP contribution in [-0.2, 0) is 9.53 Å². The van der Waals surface area contributed by atoms with E-state index in [9.17, 15) is 4.79 Å². The Kier molecular flexibility index (Phi) is 4.64. The Bertz CT molecular complexity index is 762. The first-order valence-electron chi connectivity index (χ1n) is 8.29. The van der Waals surface area contributed by atoms with Crippen molar-refractivity contribution >= 4 is 11.9 Å². The van der Waals surface area contributed by atoms with Crippen LogP contribution in [0.2, 0.25) is 0 Å². The second-order valence-corrected chi connectivity index (χ2v) is 5.83. The van der Waals surface area contributed by atoms with E-state index in [1.807, 2.05) is 38.1 Å². The van der Waals surface area contributed by atoms with E-state index in [0.717, 1.165) is 24.1 Å². The van der Waals surface area contributed by atoms with Crippen LogP contribution < -0.4 is 5.32 Å². The summed E-state index contributed by atoms with van der Waals surface area (Å²) < 4.78 is 7.07. The van der Waals surface area contributed by atoms with E-state index in [4.69, 9.17) is 4.74 Å². The van der Waals surface area contributed by atoms with Gasteiger partial charge in [-0.15, -0.1) is 0 Å². The summed E-state index contributed by atoms with van der Waals surface area (Å²) in [7, 11) is 0. The minimum absolute atomic E-state index is 0.305. The predicted octanol–water partition coefficient (Wildman–Crippen LogP) is 3.22. The topological polar surface area (TPSA) is 69.0 Å². The van der Waals surface area contributed by atoms with Crippen LogP contribution in [0, 0.1) is 6.92 Å². The number of anilines is 1. The first-order chi connectivity index (χ1) is 11.7. The third kappa shape index (κ3) is 2.91. The number of allylic oxidation sites excluding steroid dienone is 1. The number of carbonyl (C=O) groups excluding carboxylic acids is 1. The summed E-state index contributed by atoms with van der Waals surface area (Å²) in [4.78, 5) is 17.0. The molecule has 1 atom stereocenters. The van der Waals surface area contributed by atoms with Gasteiger partial charge in [-0.2, -0.15) is 10.1 Å². The summed E-state index contributed by atoms with van der Waals surface area (Å²) >= 11 is 0. The van der Waals surface area contributed by atoms with E-state index in [0.29, 0.717) is 18.1 Å². The lowest BCUT2D eigenvalue weighted by Gasteiger charge is -2.29. The van der Waals surface area contributed by atoms with Crippen LogP contribution in [-0.4, -0.2) is 27.3 Å². The number of nitrogens with zero attached hydrogens (tertiary/aromatic N) is 3. The zero-order valence-electron chi connectivity index (χ0n) is 14.2. The first-order valence-corrected chi connectivity index (χ1v) is 8.29. The molecule has 0 radical (unpaired) electrons. The van der Waals surface area contributed by atoms with Crippen molar-refractivity contribution in [2.24, 2.45) is 0 Å². The highest BCUT2D eigenvalue weighted by Gasteiger charge is 2.35. The number of nitrogens with one attached hydrogen (secondary N) is 1. The van der Waals surface area contributed by atoms with Crippen molar-refractivity contribution in [1.29, 1.82) is 0 Å². The summed E-state index contributed by atoms with van der Waals surface area (Å²) in [6.07, 6.45) is 3.17. The van der Waals surface area contributed by atoms with Crippen molar-refractivity contribution in [3.8, 4) is 0 Å².